The summed E-state index contributed by atoms with van der Waals surface area (Å²) in [5, 5.41) is 1.22. The maximum absolute atomic E-state index is 6.19. The molecule has 0 aliphatic carbocycles. The minimum atomic E-state index is 0. The van der Waals surface area contributed by atoms with Crippen molar-refractivity contribution < 1.29 is 0 Å². The second-order valence-electron chi connectivity index (χ2n) is 6.17. The van der Waals surface area contributed by atoms with Gasteiger partial charge in [0.05, 0.1) is 16.8 Å². The monoisotopic (exact) mass is 347 g/mol. The van der Waals surface area contributed by atoms with Gasteiger partial charge in [-0.25, -0.2) is 4.98 Å². The number of piperidine rings is 1. The lowest BCUT2D eigenvalue weighted by Crippen LogP contribution is -2.52. The number of thiazole rings is 1. The van der Waals surface area contributed by atoms with Crippen LogP contribution in [0.5, 0.6) is 0 Å². The molecule has 0 radical (unpaired) electrons. The predicted molar refractivity (Wildman–Crippen MR) is 95.8 cm³/mol. The summed E-state index contributed by atoms with van der Waals surface area (Å²) in [6.45, 7) is 7.63. The second kappa shape index (κ2) is 7.25. The molecule has 2 N–H and O–H groups in total. The summed E-state index contributed by atoms with van der Waals surface area (Å²) in [5.41, 5.74) is 7.51. The first kappa shape index (κ1) is 18.7. The Morgan fingerprint density at radius 2 is 2.05 bits per heavy atom. The third-order valence-corrected chi connectivity index (χ3v) is 5.11. The zero-order valence-electron chi connectivity index (χ0n) is 12.4. The molecule has 6 heteroatoms. The van der Waals surface area contributed by atoms with Crippen LogP contribution in [0.4, 0.5) is 0 Å². The number of hydrogen-bond acceptors (Lipinski definition) is 4. The van der Waals surface area contributed by atoms with Crippen molar-refractivity contribution in [1.82, 2.24) is 9.88 Å². The van der Waals surface area contributed by atoms with Gasteiger partial charge in [0.15, 0.2) is 0 Å². The Morgan fingerprint density at radius 3 is 2.71 bits per heavy atom. The lowest BCUT2D eigenvalue weighted by Gasteiger charge is -2.42. The van der Waals surface area contributed by atoms with Crippen molar-refractivity contribution in [2.75, 3.05) is 13.1 Å². The van der Waals surface area contributed by atoms with E-state index < -0.39 is 0 Å². The Morgan fingerprint density at radius 1 is 1.33 bits per heavy atom. The molecule has 0 spiro atoms. The summed E-state index contributed by atoms with van der Waals surface area (Å²) < 4.78 is 1.28. The third kappa shape index (κ3) is 4.08. The highest BCUT2D eigenvalue weighted by atomic mass is 35.5. The number of hydrogen-bond donors (Lipinski definition) is 1. The van der Waals surface area contributed by atoms with Gasteiger partial charge >= 0.3 is 0 Å². The van der Waals surface area contributed by atoms with Crippen LogP contribution in [-0.4, -0.2) is 29.0 Å². The van der Waals surface area contributed by atoms with Crippen LogP contribution in [0, 0.1) is 5.41 Å². The molecule has 3 nitrogen and oxygen atoms in total. The fourth-order valence-electron chi connectivity index (χ4n) is 2.80. The van der Waals surface area contributed by atoms with E-state index >= 15 is 0 Å². The average Bonchev–Trinajstić information content (AvgIpc) is 2.75. The molecule has 0 saturated carbocycles. The first-order chi connectivity index (χ1) is 9.04. The Balaban J connectivity index is 0.00000110. The van der Waals surface area contributed by atoms with Crippen molar-refractivity contribution in [3.05, 3.63) is 29.3 Å². The third-order valence-electron chi connectivity index (χ3n) is 4.09. The number of aromatic nitrogens is 1. The van der Waals surface area contributed by atoms with E-state index in [1.807, 2.05) is 11.3 Å². The number of rotatable bonds is 2. The second-order valence-corrected chi connectivity index (χ2v) is 7.28. The van der Waals surface area contributed by atoms with Crippen LogP contribution in [0.1, 0.15) is 25.3 Å². The molecule has 1 fully saturated rings. The van der Waals surface area contributed by atoms with E-state index in [1.54, 1.807) is 0 Å². The topological polar surface area (TPSA) is 42.2 Å². The molecule has 1 aromatic heterocycles. The van der Waals surface area contributed by atoms with Gasteiger partial charge in [-0.05, 0) is 24.0 Å². The maximum Gasteiger partial charge on any atom is 0.108 e. The molecule has 1 unspecified atom stereocenters. The molecule has 0 amide bonds. The van der Waals surface area contributed by atoms with E-state index in [-0.39, 0.29) is 30.2 Å². The average molecular weight is 348 g/mol. The largest absolute Gasteiger partial charge is 0.327 e. The van der Waals surface area contributed by atoms with Crippen LogP contribution in [0.3, 0.4) is 0 Å². The van der Waals surface area contributed by atoms with Crippen molar-refractivity contribution in [3.8, 4) is 0 Å². The normalized spacial score (nSPS) is 21.6. The first-order valence-corrected chi connectivity index (χ1v) is 7.69. The number of benzene rings is 1. The highest BCUT2D eigenvalue weighted by molar-refractivity contribution is 7.18. The summed E-state index contributed by atoms with van der Waals surface area (Å²) in [4.78, 5) is 7.21. The minimum absolute atomic E-state index is 0. The van der Waals surface area contributed by atoms with Gasteiger partial charge in [0.25, 0.3) is 0 Å². The fraction of sp³-hybridized carbons (Fsp3) is 0.533. The highest BCUT2D eigenvalue weighted by Gasteiger charge is 2.33. The Labute approximate surface area is 142 Å². The summed E-state index contributed by atoms with van der Waals surface area (Å²) in [7, 11) is 0. The lowest BCUT2D eigenvalue weighted by atomic mass is 9.80. The Kier molecular flexibility index (Phi) is 6.44. The zero-order chi connectivity index (χ0) is 13.5. The van der Waals surface area contributed by atoms with Gasteiger partial charge in [-0.1, -0.05) is 26.0 Å². The molecule has 1 aliphatic rings. The first-order valence-electron chi connectivity index (χ1n) is 6.87. The summed E-state index contributed by atoms with van der Waals surface area (Å²) in [6.07, 6.45) is 1.08. The lowest BCUT2D eigenvalue weighted by molar-refractivity contribution is 0.0899. The molecule has 1 aromatic carbocycles. The van der Waals surface area contributed by atoms with Gasteiger partial charge in [-0.3, -0.25) is 4.90 Å². The van der Waals surface area contributed by atoms with E-state index in [0.29, 0.717) is 6.04 Å². The van der Waals surface area contributed by atoms with E-state index in [2.05, 4.69) is 43.0 Å². The van der Waals surface area contributed by atoms with Crippen LogP contribution >= 0.6 is 36.2 Å². The number of halogens is 2. The molecule has 2 heterocycles. The van der Waals surface area contributed by atoms with Gasteiger partial charge in [0.1, 0.15) is 5.01 Å². The molecule has 21 heavy (non-hydrogen) atoms. The molecule has 0 bridgehead atoms. The maximum atomic E-state index is 6.19. The van der Waals surface area contributed by atoms with Crippen LogP contribution in [0.25, 0.3) is 10.2 Å². The van der Waals surface area contributed by atoms with Crippen LogP contribution in [0.15, 0.2) is 24.3 Å². The number of nitrogens with two attached hydrogens (primary N) is 1. The van der Waals surface area contributed by atoms with E-state index in [1.165, 1.54) is 9.71 Å². The predicted octanol–water partition coefficient (Wildman–Crippen LogP) is 3.70. The molecule has 2 aromatic rings. The molecule has 1 saturated heterocycles. The Bertz CT molecular complexity index is 552. The molecule has 118 valence electrons. The van der Waals surface area contributed by atoms with Crippen molar-refractivity contribution in [3.63, 3.8) is 0 Å². The van der Waals surface area contributed by atoms with Crippen molar-refractivity contribution in [1.29, 1.82) is 0 Å². The van der Waals surface area contributed by atoms with E-state index in [9.17, 15) is 0 Å². The van der Waals surface area contributed by atoms with E-state index in [0.717, 1.165) is 31.6 Å². The SMILES string of the molecule is CC1(C)CN(Cc2nc3ccccc3s2)CCC1N.Cl.Cl. The number of fused-ring (bicyclic) bond motifs is 1. The number of para-hydroxylation sites is 1. The van der Waals surface area contributed by atoms with Crippen LogP contribution in [0.2, 0.25) is 0 Å². The number of likely N-dealkylation sites (tertiary alicyclic amines) is 1. The summed E-state index contributed by atoms with van der Waals surface area (Å²) in [5.74, 6) is 0. The van der Waals surface area contributed by atoms with Crippen molar-refractivity contribution in [2.24, 2.45) is 11.1 Å². The van der Waals surface area contributed by atoms with Crippen LogP contribution in [-0.2, 0) is 6.54 Å². The molecule has 1 atom stereocenters. The number of nitrogens with zero attached hydrogens (tertiary/aromatic N) is 2. The smallest absolute Gasteiger partial charge is 0.108 e. The minimum Gasteiger partial charge on any atom is -0.327 e. The van der Waals surface area contributed by atoms with Gasteiger partial charge < -0.3 is 5.73 Å². The zero-order valence-corrected chi connectivity index (χ0v) is 14.9. The Hall–Kier alpha value is -0.390. The van der Waals surface area contributed by atoms with Crippen molar-refractivity contribution >= 4 is 46.4 Å². The standard InChI is InChI=1S/C15H21N3S.2ClH/c1-15(2)10-18(8-7-13(15)16)9-14-17-11-5-3-4-6-12(11)19-14;;/h3-6,13H,7-10,16H2,1-2H3;2*1H. The van der Waals surface area contributed by atoms with Crippen LogP contribution < -0.4 is 5.73 Å². The summed E-state index contributed by atoms with van der Waals surface area (Å²) in [6, 6.07) is 8.68. The van der Waals surface area contributed by atoms with E-state index in [4.69, 9.17) is 10.7 Å². The van der Waals surface area contributed by atoms with Gasteiger partial charge in [0.2, 0.25) is 0 Å². The quantitative estimate of drug-likeness (QED) is 0.900. The molecule has 3 rings (SSSR count). The van der Waals surface area contributed by atoms with Gasteiger partial charge in [0, 0.05) is 19.1 Å². The van der Waals surface area contributed by atoms with Gasteiger partial charge in [-0.15, -0.1) is 36.2 Å². The van der Waals surface area contributed by atoms with Gasteiger partial charge in [-0.2, -0.15) is 0 Å². The molecular weight excluding hydrogens is 325 g/mol. The molecular formula is C15H23Cl2N3S. The van der Waals surface area contributed by atoms with Crippen molar-refractivity contribution in [2.45, 2.75) is 32.9 Å². The molecule has 1 aliphatic heterocycles. The highest BCUT2D eigenvalue weighted by Crippen LogP contribution is 2.30. The fourth-order valence-corrected chi connectivity index (χ4v) is 3.81. The summed E-state index contributed by atoms with van der Waals surface area (Å²) >= 11 is 1.81.